The summed E-state index contributed by atoms with van der Waals surface area (Å²) < 4.78 is 0. The normalized spacial score (nSPS) is 11.7. The van der Waals surface area contributed by atoms with Crippen LogP contribution in [0.1, 0.15) is 37.9 Å². The van der Waals surface area contributed by atoms with E-state index in [-0.39, 0.29) is 11.3 Å². The third-order valence-electron chi connectivity index (χ3n) is 2.05. The topological polar surface area (TPSA) is 68.0 Å². The van der Waals surface area contributed by atoms with Gasteiger partial charge in [0.25, 0.3) is 0 Å². The van der Waals surface area contributed by atoms with Crippen LogP contribution in [0.15, 0.2) is 5.38 Å². The fraction of sp³-hybridized carbons (Fsp3) is 0.636. The minimum atomic E-state index is -0.277. The molecule has 0 aliphatic rings. The maximum atomic E-state index is 10.5. The van der Waals surface area contributed by atoms with Gasteiger partial charge in [-0.2, -0.15) is 0 Å². The van der Waals surface area contributed by atoms with E-state index < -0.39 is 0 Å². The molecule has 1 aromatic rings. The Kier molecular flexibility index (Phi) is 4.44. The van der Waals surface area contributed by atoms with Gasteiger partial charge in [0, 0.05) is 30.3 Å². The van der Waals surface area contributed by atoms with Crippen molar-refractivity contribution in [3.63, 3.8) is 0 Å². The molecule has 0 unspecified atom stereocenters. The molecule has 0 saturated carbocycles. The number of nitrogens with two attached hydrogens (primary N) is 1. The molecule has 1 aromatic heterocycles. The van der Waals surface area contributed by atoms with Gasteiger partial charge in [0.15, 0.2) is 0 Å². The number of hydrogen-bond acceptors (Lipinski definition) is 4. The molecule has 0 fully saturated rings. The highest BCUT2D eigenvalue weighted by molar-refractivity contribution is 7.09. The number of hydrogen-bond donors (Lipinski definition) is 2. The molecule has 3 N–H and O–H groups in total. The van der Waals surface area contributed by atoms with Gasteiger partial charge in [0.1, 0.15) is 0 Å². The molecule has 1 heterocycles. The Bertz CT molecular complexity index is 354. The van der Waals surface area contributed by atoms with E-state index in [1.54, 1.807) is 11.3 Å². The smallest absolute Gasteiger partial charge is 0.218 e. The summed E-state index contributed by atoms with van der Waals surface area (Å²) in [6, 6.07) is 0. The van der Waals surface area contributed by atoms with Gasteiger partial charge >= 0.3 is 0 Å². The van der Waals surface area contributed by atoms with Crippen LogP contribution in [-0.2, 0) is 16.8 Å². The van der Waals surface area contributed by atoms with Crippen molar-refractivity contribution in [2.75, 3.05) is 6.54 Å². The second kappa shape index (κ2) is 5.41. The number of rotatable bonds is 5. The summed E-state index contributed by atoms with van der Waals surface area (Å²) in [6.45, 7) is 7.75. The van der Waals surface area contributed by atoms with E-state index in [0.29, 0.717) is 19.5 Å². The second-order valence-corrected chi connectivity index (χ2v) is 5.65. The van der Waals surface area contributed by atoms with Crippen LogP contribution >= 0.6 is 11.3 Å². The molecule has 5 heteroatoms. The third-order valence-corrected chi connectivity index (χ3v) is 3.36. The van der Waals surface area contributed by atoms with Crippen molar-refractivity contribution in [3.8, 4) is 0 Å². The molecule has 0 atom stereocenters. The monoisotopic (exact) mass is 241 g/mol. The van der Waals surface area contributed by atoms with Crippen molar-refractivity contribution < 1.29 is 4.79 Å². The van der Waals surface area contributed by atoms with Gasteiger partial charge in [-0.15, -0.1) is 11.3 Å². The molecule has 90 valence electrons. The number of aromatic nitrogens is 1. The third kappa shape index (κ3) is 4.28. The van der Waals surface area contributed by atoms with Crippen LogP contribution in [0.2, 0.25) is 0 Å². The van der Waals surface area contributed by atoms with Gasteiger partial charge in [0.05, 0.1) is 10.7 Å². The van der Waals surface area contributed by atoms with Crippen LogP contribution in [0, 0.1) is 0 Å². The van der Waals surface area contributed by atoms with E-state index in [2.05, 4.69) is 36.5 Å². The number of nitrogens with one attached hydrogen (secondary N) is 1. The fourth-order valence-electron chi connectivity index (χ4n) is 1.16. The molecule has 0 bridgehead atoms. The van der Waals surface area contributed by atoms with Crippen LogP contribution < -0.4 is 11.1 Å². The summed E-state index contributed by atoms with van der Waals surface area (Å²) in [4.78, 5) is 15.1. The summed E-state index contributed by atoms with van der Waals surface area (Å²) in [7, 11) is 0. The first-order chi connectivity index (χ1) is 7.39. The molecule has 0 saturated heterocycles. The zero-order chi connectivity index (χ0) is 12.2. The molecular weight excluding hydrogens is 222 g/mol. The Morgan fingerprint density at radius 1 is 1.56 bits per heavy atom. The maximum Gasteiger partial charge on any atom is 0.218 e. The number of amides is 1. The predicted octanol–water partition coefficient (Wildman–Crippen LogP) is 1.41. The summed E-state index contributed by atoms with van der Waals surface area (Å²) in [5, 5.41) is 6.33. The van der Waals surface area contributed by atoms with Crippen LogP contribution in [0.4, 0.5) is 0 Å². The van der Waals surface area contributed by atoms with Gasteiger partial charge < -0.3 is 11.1 Å². The van der Waals surface area contributed by atoms with Crippen molar-refractivity contribution in [2.24, 2.45) is 5.73 Å². The van der Waals surface area contributed by atoms with Crippen LogP contribution in [0.5, 0.6) is 0 Å². The summed E-state index contributed by atoms with van der Waals surface area (Å²) in [5.74, 6) is -0.277. The van der Waals surface area contributed by atoms with Crippen LogP contribution in [0.3, 0.4) is 0 Å². The Balaban J connectivity index is 2.38. The fourth-order valence-corrected chi connectivity index (χ4v) is 2.07. The molecule has 0 radical (unpaired) electrons. The highest BCUT2D eigenvalue weighted by Crippen LogP contribution is 2.25. The molecule has 4 nitrogen and oxygen atoms in total. The van der Waals surface area contributed by atoms with Gasteiger partial charge in [-0.1, -0.05) is 20.8 Å². The highest BCUT2D eigenvalue weighted by Gasteiger charge is 2.17. The van der Waals surface area contributed by atoms with Gasteiger partial charge in [-0.05, 0) is 0 Å². The Hall–Kier alpha value is -0.940. The Morgan fingerprint density at radius 2 is 2.25 bits per heavy atom. The number of carbonyl (C=O) groups is 1. The average molecular weight is 241 g/mol. The standard InChI is InChI=1S/C11H19N3OS/c1-11(2,3)10-14-8(7-16-10)6-13-5-4-9(12)15/h7,13H,4-6H2,1-3H3,(H2,12,15). The summed E-state index contributed by atoms with van der Waals surface area (Å²) in [6.07, 6.45) is 0.371. The lowest BCUT2D eigenvalue weighted by molar-refractivity contribution is -0.117. The molecule has 0 aromatic carbocycles. The summed E-state index contributed by atoms with van der Waals surface area (Å²) in [5.41, 5.74) is 6.18. The number of nitrogens with zero attached hydrogens (tertiary/aromatic N) is 1. The largest absolute Gasteiger partial charge is 0.370 e. The van der Waals surface area contributed by atoms with Crippen LogP contribution in [-0.4, -0.2) is 17.4 Å². The SMILES string of the molecule is CC(C)(C)c1nc(CNCCC(N)=O)cs1. The molecule has 0 aliphatic heterocycles. The lowest BCUT2D eigenvalue weighted by atomic mass is 9.98. The number of thiazole rings is 1. The second-order valence-electron chi connectivity index (χ2n) is 4.79. The lowest BCUT2D eigenvalue weighted by Gasteiger charge is -2.13. The zero-order valence-corrected chi connectivity index (χ0v) is 10.9. The van der Waals surface area contributed by atoms with E-state index in [4.69, 9.17) is 5.73 Å². The van der Waals surface area contributed by atoms with Crippen molar-refractivity contribution >= 4 is 17.2 Å². The maximum absolute atomic E-state index is 10.5. The first-order valence-electron chi connectivity index (χ1n) is 5.33. The minimum absolute atomic E-state index is 0.107. The molecule has 1 rings (SSSR count). The molecule has 0 aliphatic carbocycles. The number of carbonyl (C=O) groups excluding carboxylic acids is 1. The lowest BCUT2D eigenvalue weighted by Crippen LogP contribution is -2.21. The van der Waals surface area contributed by atoms with Crippen molar-refractivity contribution in [2.45, 2.75) is 39.2 Å². The van der Waals surface area contributed by atoms with Crippen molar-refractivity contribution in [1.82, 2.24) is 10.3 Å². The predicted molar refractivity (Wildman–Crippen MR) is 66.3 cm³/mol. The number of primary amides is 1. The zero-order valence-electron chi connectivity index (χ0n) is 10.0. The van der Waals surface area contributed by atoms with Crippen LogP contribution in [0.25, 0.3) is 0 Å². The quantitative estimate of drug-likeness (QED) is 0.766. The van der Waals surface area contributed by atoms with Gasteiger partial charge in [-0.3, -0.25) is 4.79 Å². The van der Waals surface area contributed by atoms with Crippen molar-refractivity contribution in [1.29, 1.82) is 0 Å². The minimum Gasteiger partial charge on any atom is -0.370 e. The van der Waals surface area contributed by atoms with E-state index in [1.165, 1.54) is 0 Å². The Morgan fingerprint density at radius 3 is 2.75 bits per heavy atom. The molecule has 16 heavy (non-hydrogen) atoms. The average Bonchev–Trinajstić information content (AvgIpc) is 2.59. The summed E-state index contributed by atoms with van der Waals surface area (Å²) >= 11 is 1.68. The highest BCUT2D eigenvalue weighted by atomic mass is 32.1. The Labute approximate surface area is 100 Å². The van der Waals surface area contributed by atoms with E-state index >= 15 is 0 Å². The van der Waals surface area contributed by atoms with E-state index in [0.717, 1.165) is 10.7 Å². The van der Waals surface area contributed by atoms with E-state index in [9.17, 15) is 4.79 Å². The van der Waals surface area contributed by atoms with E-state index in [1.807, 2.05) is 0 Å². The molecule has 1 amide bonds. The van der Waals surface area contributed by atoms with Gasteiger partial charge in [-0.25, -0.2) is 4.98 Å². The molecule has 0 spiro atoms. The first-order valence-corrected chi connectivity index (χ1v) is 6.21. The molecular formula is C11H19N3OS. The first kappa shape index (κ1) is 13.1. The van der Waals surface area contributed by atoms with Crippen molar-refractivity contribution in [3.05, 3.63) is 16.1 Å². The van der Waals surface area contributed by atoms with Gasteiger partial charge in [0.2, 0.25) is 5.91 Å².